The molecule has 2 fully saturated rings. The summed E-state index contributed by atoms with van der Waals surface area (Å²) in [6.45, 7) is 5.18. The van der Waals surface area contributed by atoms with Gasteiger partial charge in [0.1, 0.15) is 6.04 Å². The van der Waals surface area contributed by atoms with Gasteiger partial charge in [-0.2, -0.15) is 0 Å². The molecule has 1 saturated carbocycles. The van der Waals surface area contributed by atoms with Gasteiger partial charge in [0.2, 0.25) is 11.8 Å². The predicted molar refractivity (Wildman–Crippen MR) is 76.2 cm³/mol. The number of ether oxygens (including phenoxy) is 1. The summed E-state index contributed by atoms with van der Waals surface area (Å²) in [5, 5.41) is 2.88. The van der Waals surface area contributed by atoms with Crippen molar-refractivity contribution in [2.45, 2.75) is 57.6 Å². The van der Waals surface area contributed by atoms with Crippen molar-refractivity contribution in [2.24, 2.45) is 5.92 Å². The molecule has 1 N–H and O–H groups in total. The zero-order chi connectivity index (χ0) is 14.8. The summed E-state index contributed by atoms with van der Waals surface area (Å²) in [5.41, 5.74) is -0.178. The van der Waals surface area contributed by atoms with E-state index in [1.54, 1.807) is 7.11 Å². The number of rotatable bonds is 5. The van der Waals surface area contributed by atoms with Gasteiger partial charge in [-0.05, 0) is 25.2 Å². The molecule has 5 heteroatoms. The molecule has 1 saturated heterocycles. The Bertz CT molecular complexity index is 374. The third-order valence-electron chi connectivity index (χ3n) is 4.89. The molecule has 0 spiro atoms. The average molecular weight is 282 g/mol. The summed E-state index contributed by atoms with van der Waals surface area (Å²) in [7, 11) is 1.72. The lowest BCUT2D eigenvalue weighted by Crippen LogP contribution is -2.55. The molecule has 0 aromatic carbocycles. The third-order valence-corrected chi connectivity index (χ3v) is 4.89. The second-order valence-electron chi connectivity index (χ2n) is 6.18. The molecular formula is C15H26N2O3. The monoisotopic (exact) mass is 282 g/mol. The van der Waals surface area contributed by atoms with Gasteiger partial charge < -0.3 is 15.0 Å². The van der Waals surface area contributed by atoms with E-state index >= 15 is 0 Å². The summed E-state index contributed by atoms with van der Waals surface area (Å²) in [4.78, 5) is 26.3. The van der Waals surface area contributed by atoms with Crippen LogP contribution in [0.4, 0.5) is 0 Å². The Kier molecular flexibility index (Phi) is 4.68. The Balaban J connectivity index is 2.10. The van der Waals surface area contributed by atoms with Gasteiger partial charge in [0, 0.05) is 26.6 Å². The summed E-state index contributed by atoms with van der Waals surface area (Å²) in [5.74, 6) is 0.187. The van der Waals surface area contributed by atoms with E-state index in [0.717, 1.165) is 25.7 Å². The Labute approximate surface area is 121 Å². The molecule has 0 radical (unpaired) electrons. The Morgan fingerprint density at radius 3 is 2.65 bits per heavy atom. The van der Waals surface area contributed by atoms with Crippen LogP contribution >= 0.6 is 0 Å². The minimum atomic E-state index is -0.385. The van der Waals surface area contributed by atoms with Crippen molar-refractivity contribution < 1.29 is 14.3 Å². The number of amides is 2. The largest absolute Gasteiger partial charge is 0.376 e. The molecule has 0 aromatic rings. The van der Waals surface area contributed by atoms with Crippen molar-refractivity contribution >= 4 is 11.8 Å². The molecule has 2 unspecified atom stereocenters. The standard InChI is InChI=1S/C15H26N2O3/c1-4-11(2)13-14(19)17(9-6-12(18)16-13)10-15(20-3)7-5-8-15/h11,13H,4-10H2,1-3H3,(H,16,18). The number of hydrogen-bond acceptors (Lipinski definition) is 3. The van der Waals surface area contributed by atoms with Crippen molar-refractivity contribution in [3.05, 3.63) is 0 Å². The Morgan fingerprint density at radius 1 is 1.45 bits per heavy atom. The molecule has 0 bridgehead atoms. The minimum absolute atomic E-state index is 0.0220. The fourth-order valence-electron chi connectivity index (χ4n) is 2.97. The van der Waals surface area contributed by atoms with Crippen molar-refractivity contribution in [1.82, 2.24) is 10.2 Å². The summed E-state index contributed by atoms with van der Waals surface area (Å²) in [6, 6.07) is -0.385. The van der Waals surface area contributed by atoms with Crippen LogP contribution in [-0.2, 0) is 14.3 Å². The van der Waals surface area contributed by atoms with Crippen molar-refractivity contribution in [2.75, 3.05) is 20.2 Å². The molecule has 114 valence electrons. The van der Waals surface area contributed by atoms with Gasteiger partial charge in [-0.1, -0.05) is 20.3 Å². The lowest BCUT2D eigenvalue weighted by atomic mass is 9.79. The molecular weight excluding hydrogens is 256 g/mol. The number of nitrogens with one attached hydrogen (secondary N) is 1. The second-order valence-corrected chi connectivity index (χ2v) is 6.18. The highest BCUT2D eigenvalue weighted by Gasteiger charge is 2.42. The topological polar surface area (TPSA) is 58.6 Å². The first-order valence-electron chi connectivity index (χ1n) is 7.64. The first-order chi connectivity index (χ1) is 9.51. The molecule has 1 aliphatic heterocycles. The highest BCUT2D eigenvalue weighted by atomic mass is 16.5. The highest BCUT2D eigenvalue weighted by molar-refractivity contribution is 5.90. The fourth-order valence-corrected chi connectivity index (χ4v) is 2.97. The molecule has 5 nitrogen and oxygen atoms in total. The van der Waals surface area contributed by atoms with Crippen LogP contribution in [0.15, 0.2) is 0 Å². The van der Waals surface area contributed by atoms with Crippen molar-refractivity contribution in [3.8, 4) is 0 Å². The van der Waals surface area contributed by atoms with Gasteiger partial charge in [-0.25, -0.2) is 0 Å². The van der Waals surface area contributed by atoms with Gasteiger partial charge >= 0.3 is 0 Å². The quantitative estimate of drug-likeness (QED) is 0.827. The Morgan fingerprint density at radius 2 is 2.15 bits per heavy atom. The van der Waals surface area contributed by atoms with E-state index in [1.165, 1.54) is 0 Å². The van der Waals surface area contributed by atoms with Crippen LogP contribution in [0.2, 0.25) is 0 Å². The van der Waals surface area contributed by atoms with Gasteiger partial charge in [0.05, 0.1) is 5.60 Å². The lowest BCUT2D eigenvalue weighted by Gasteiger charge is -2.44. The maximum Gasteiger partial charge on any atom is 0.245 e. The van der Waals surface area contributed by atoms with Crippen LogP contribution in [0.3, 0.4) is 0 Å². The second kappa shape index (κ2) is 6.12. The average Bonchev–Trinajstić information content (AvgIpc) is 2.54. The smallest absolute Gasteiger partial charge is 0.245 e. The normalized spacial score (nSPS) is 27.6. The SMILES string of the molecule is CCC(C)C1NC(=O)CCN(CC2(OC)CCC2)C1=O. The van der Waals surface area contributed by atoms with Gasteiger partial charge in [-0.15, -0.1) is 0 Å². The maximum atomic E-state index is 12.7. The molecule has 2 aliphatic rings. The van der Waals surface area contributed by atoms with E-state index in [-0.39, 0.29) is 29.4 Å². The predicted octanol–water partition coefficient (Wildman–Crippen LogP) is 1.32. The highest BCUT2D eigenvalue weighted by Crippen LogP contribution is 2.36. The van der Waals surface area contributed by atoms with E-state index in [0.29, 0.717) is 19.5 Å². The summed E-state index contributed by atoms with van der Waals surface area (Å²) in [6.07, 6.45) is 4.42. The van der Waals surface area contributed by atoms with E-state index in [9.17, 15) is 9.59 Å². The molecule has 20 heavy (non-hydrogen) atoms. The molecule has 2 rings (SSSR count). The first-order valence-corrected chi connectivity index (χ1v) is 7.64. The third kappa shape index (κ3) is 2.97. The molecule has 2 atom stereocenters. The minimum Gasteiger partial charge on any atom is -0.376 e. The summed E-state index contributed by atoms with van der Waals surface area (Å²) >= 11 is 0. The van der Waals surface area contributed by atoms with Gasteiger partial charge in [0.25, 0.3) is 0 Å². The van der Waals surface area contributed by atoms with Gasteiger partial charge in [0.15, 0.2) is 0 Å². The van der Waals surface area contributed by atoms with Crippen LogP contribution in [-0.4, -0.2) is 48.6 Å². The molecule has 1 aliphatic carbocycles. The van der Waals surface area contributed by atoms with Crippen LogP contribution < -0.4 is 5.32 Å². The maximum absolute atomic E-state index is 12.7. The number of methoxy groups -OCH3 is 1. The first kappa shape index (κ1) is 15.3. The van der Waals surface area contributed by atoms with E-state index in [2.05, 4.69) is 5.32 Å². The van der Waals surface area contributed by atoms with Gasteiger partial charge in [-0.3, -0.25) is 9.59 Å². The van der Waals surface area contributed by atoms with Crippen LogP contribution in [0.5, 0.6) is 0 Å². The summed E-state index contributed by atoms with van der Waals surface area (Å²) < 4.78 is 5.62. The zero-order valence-corrected chi connectivity index (χ0v) is 12.8. The Hall–Kier alpha value is -1.10. The lowest BCUT2D eigenvalue weighted by molar-refractivity contribution is -0.143. The number of carbonyl (C=O) groups is 2. The van der Waals surface area contributed by atoms with E-state index < -0.39 is 0 Å². The molecule has 0 aromatic heterocycles. The molecule has 1 heterocycles. The fraction of sp³-hybridized carbons (Fsp3) is 0.867. The molecule has 2 amide bonds. The number of hydrogen-bond donors (Lipinski definition) is 1. The van der Waals surface area contributed by atoms with Crippen LogP contribution in [0, 0.1) is 5.92 Å². The zero-order valence-electron chi connectivity index (χ0n) is 12.8. The number of nitrogens with zero attached hydrogens (tertiary/aromatic N) is 1. The van der Waals surface area contributed by atoms with Crippen molar-refractivity contribution in [1.29, 1.82) is 0 Å². The van der Waals surface area contributed by atoms with Crippen molar-refractivity contribution in [3.63, 3.8) is 0 Å². The van der Waals surface area contributed by atoms with Crippen LogP contribution in [0.1, 0.15) is 46.0 Å². The van der Waals surface area contributed by atoms with E-state index in [4.69, 9.17) is 4.74 Å². The van der Waals surface area contributed by atoms with E-state index in [1.807, 2.05) is 18.7 Å². The number of carbonyl (C=O) groups excluding carboxylic acids is 2. The van der Waals surface area contributed by atoms with Crippen LogP contribution in [0.25, 0.3) is 0 Å².